The molecule has 13 heavy (non-hydrogen) atoms. The molecule has 1 rings (SSSR count). The molecule has 0 aromatic carbocycles. The van der Waals surface area contributed by atoms with E-state index in [9.17, 15) is 0 Å². The van der Waals surface area contributed by atoms with Crippen molar-refractivity contribution in [3.63, 3.8) is 0 Å². The second-order valence-corrected chi connectivity index (χ2v) is 3.09. The van der Waals surface area contributed by atoms with E-state index in [1.807, 2.05) is 12.1 Å². The van der Waals surface area contributed by atoms with Crippen LogP contribution < -0.4 is 5.32 Å². The summed E-state index contributed by atoms with van der Waals surface area (Å²) in [6.07, 6.45) is 3.95. The lowest BCUT2D eigenvalue weighted by Crippen LogP contribution is -2.17. The molecule has 0 aliphatic heterocycles. The molecule has 1 aromatic heterocycles. The number of rotatable bonds is 5. The van der Waals surface area contributed by atoms with Gasteiger partial charge in [0.1, 0.15) is 0 Å². The second kappa shape index (κ2) is 5.70. The highest BCUT2D eigenvalue weighted by atomic mass is 14.8. The molecule has 0 unspecified atom stereocenters. The van der Waals surface area contributed by atoms with E-state index < -0.39 is 0 Å². The number of nitrogens with one attached hydrogen (secondary N) is 1. The van der Waals surface area contributed by atoms with E-state index in [1.165, 1.54) is 12.0 Å². The first-order valence-electron chi connectivity index (χ1n) is 4.74. The van der Waals surface area contributed by atoms with E-state index in [4.69, 9.17) is 6.92 Å². The van der Waals surface area contributed by atoms with Crippen molar-refractivity contribution >= 4 is 0 Å². The Hall–Kier alpha value is -0.890. The average molecular weight is 176 g/mol. The summed E-state index contributed by atoms with van der Waals surface area (Å²) in [4.78, 5) is 3.94. The summed E-state index contributed by atoms with van der Waals surface area (Å²) < 4.78 is 0. The fourth-order valence-electron chi connectivity index (χ4n) is 1.18. The summed E-state index contributed by atoms with van der Waals surface area (Å²) in [5.74, 6) is 0. The topological polar surface area (TPSA) is 24.9 Å². The van der Waals surface area contributed by atoms with Gasteiger partial charge >= 0.3 is 0 Å². The Morgan fingerprint density at radius 2 is 2.31 bits per heavy atom. The van der Waals surface area contributed by atoms with Gasteiger partial charge < -0.3 is 5.32 Å². The van der Waals surface area contributed by atoms with Crippen LogP contribution in [0.15, 0.2) is 18.3 Å². The largest absolute Gasteiger partial charge is 0.316 e. The zero-order valence-corrected chi connectivity index (χ0v) is 8.09. The van der Waals surface area contributed by atoms with Gasteiger partial charge in [-0.15, -0.1) is 0 Å². The fourth-order valence-corrected chi connectivity index (χ4v) is 1.18. The molecule has 0 bridgehead atoms. The number of pyridine rings is 1. The Bertz CT molecular complexity index is 246. The Morgan fingerprint density at radius 3 is 3.00 bits per heavy atom. The summed E-state index contributed by atoms with van der Waals surface area (Å²) in [5.41, 5.74) is 1.85. The predicted octanol–water partition coefficient (Wildman–Crippen LogP) is 1.68. The number of hydrogen-bond acceptors (Lipinski definition) is 2. The molecule has 0 saturated carbocycles. The third kappa shape index (κ3) is 4.04. The zero-order valence-electron chi connectivity index (χ0n) is 8.09. The van der Waals surface area contributed by atoms with Crippen LogP contribution in [0.1, 0.15) is 24.6 Å². The smallest absolute Gasteiger partial charge is 0.0451 e. The van der Waals surface area contributed by atoms with Crippen LogP contribution in [-0.2, 0) is 6.42 Å². The normalized spacial score (nSPS) is 10.3. The molecule has 1 N–H and O–H groups in total. The zero-order chi connectivity index (χ0) is 9.52. The standard InChI is InChI=1S/C11H16N2/c1-3-6-12-7-4-11-5-8-13-10(2)9-11/h2,5,8-9,12H,3-4,6-7H2,1H3. The lowest BCUT2D eigenvalue weighted by molar-refractivity contribution is 0.671. The second-order valence-electron chi connectivity index (χ2n) is 3.09. The average Bonchev–Trinajstić information content (AvgIpc) is 2.13. The van der Waals surface area contributed by atoms with Gasteiger partial charge in [0, 0.05) is 18.8 Å². The van der Waals surface area contributed by atoms with Crippen LogP contribution in [0, 0.1) is 6.92 Å². The third-order valence-corrected chi connectivity index (χ3v) is 1.86. The van der Waals surface area contributed by atoms with Crippen LogP contribution in [0.3, 0.4) is 0 Å². The van der Waals surface area contributed by atoms with Crippen molar-refractivity contribution in [2.24, 2.45) is 0 Å². The van der Waals surface area contributed by atoms with E-state index in [1.54, 1.807) is 6.20 Å². The van der Waals surface area contributed by atoms with E-state index >= 15 is 0 Å². The monoisotopic (exact) mass is 176 g/mol. The minimum Gasteiger partial charge on any atom is -0.316 e. The van der Waals surface area contributed by atoms with Crippen LogP contribution in [0.25, 0.3) is 0 Å². The Labute approximate surface area is 80.4 Å². The lowest BCUT2D eigenvalue weighted by Gasteiger charge is -2.03. The Morgan fingerprint density at radius 1 is 1.46 bits per heavy atom. The molecule has 70 valence electrons. The first kappa shape index (κ1) is 10.2. The van der Waals surface area contributed by atoms with Crippen molar-refractivity contribution in [1.82, 2.24) is 10.3 Å². The molecule has 1 heterocycles. The summed E-state index contributed by atoms with van der Waals surface area (Å²) in [5, 5.41) is 3.34. The molecule has 0 saturated heterocycles. The van der Waals surface area contributed by atoms with Crippen molar-refractivity contribution in [2.75, 3.05) is 13.1 Å². The SMILES string of the molecule is [CH]c1cc(CCNCCC)ccn1. The van der Waals surface area contributed by atoms with Gasteiger partial charge in [-0.1, -0.05) is 6.92 Å². The van der Waals surface area contributed by atoms with Gasteiger partial charge in [-0.05, 0) is 43.6 Å². The van der Waals surface area contributed by atoms with Gasteiger partial charge in [-0.25, -0.2) is 0 Å². The first-order chi connectivity index (χ1) is 6.33. The van der Waals surface area contributed by atoms with Crippen molar-refractivity contribution in [1.29, 1.82) is 0 Å². The van der Waals surface area contributed by atoms with Gasteiger partial charge in [-0.2, -0.15) is 0 Å². The molecule has 0 amide bonds. The highest BCUT2D eigenvalue weighted by Crippen LogP contribution is 2.00. The molecule has 0 aliphatic carbocycles. The minimum absolute atomic E-state index is 0.605. The van der Waals surface area contributed by atoms with E-state index in [0.29, 0.717) is 5.69 Å². The molecule has 2 nitrogen and oxygen atoms in total. The van der Waals surface area contributed by atoms with Crippen LogP contribution in [0.4, 0.5) is 0 Å². The molecule has 0 fully saturated rings. The van der Waals surface area contributed by atoms with Gasteiger partial charge in [0.25, 0.3) is 0 Å². The highest BCUT2D eigenvalue weighted by molar-refractivity contribution is 5.18. The van der Waals surface area contributed by atoms with E-state index in [-0.39, 0.29) is 0 Å². The molecule has 2 radical (unpaired) electrons. The third-order valence-electron chi connectivity index (χ3n) is 1.86. The Kier molecular flexibility index (Phi) is 4.47. The molecule has 2 heteroatoms. The van der Waals surface area contributed by atoms with E-state index in [2.05, 4.69) is 17.2 Å². The molecule has 1 aromatic rings. The van der Waals surface area contributed by atoms with Crippen LogP contribution in [-0.4, -0.2) is 18.1 Å². The molecule has 0 atom stereocenters. The van der Waals surface area contributed by atoms with Gasteiger partial charge in [0.2, 0.25) is 0 Å². The van der Waals surface area contributed by atoms with Crippen molar-refractivity contribution in [3.05, 3.63) is 36.5 Å². The minimum atomic E-state index is 0.605. The maximum Gasteiger partial charge on any atom is 0.0451 e. The van der Waals surface area contributed by atoms with Crippen molar-refractivity contribution in [2.45, 2.75) is 19.8 Å². The lowest BCUT2D eigenvalue weighted by atomic mass is 10.2. The maximum absolute atomic E-state index is 5.56. The summed E-state index contributed by atoms with van der Waals surface area (Å²) in [7, 11) is 0. The molecule has 0 spiro atoms. The van der Waals surface area contributed by atoms with Crippen molar-refractivity contribution < 1.29 is 0 Å². The van der Waals surface area contributed by atoms with Crippen LogP contribution in [0.2, 0.25) is 0 Å². The van der Waals surface area contributed by atoms with Crippen LogP contribution >= 0.6 is 0 Å². The predicted molar refractivity (Wildman–Crippen MR) is 54.5 cm³/mol. The maximum atomic E-state index is 5.56. The fraction of sp³-hybridized carbons (Fsp3) is 0.455. The summed E-state index contributed by atoms with van der Waals surface area (Å²) >= 11 is 0. The molecular formula is C11H16N2. The molecule has 0 aliphatic rings. The number of aromatic nitrogens is 1. The van der Waals surface area contributed by atoms with Crippen molar-refractivity contribution in [3.8, 4) is 0 Å². The number of hydrogen-bond donors (Lipinski definition) is 1. The quantitative estimate of drug-likeness (QED) is 0.690. The van der Waals surface area contributed by atoms with Gasteiger partial charge in [-0.3, -0.25) is 4.98 Å². The first-order valence-corrected chi connectivity index (χ1v) is 4.74. The Balaban J connectivity index is 2.28. The summed E-state index contributed by atoms with van der Waals surface area (Å²) in [6, 6.07) is 3.93. The number of nitrogens with zero attached hydrogens (tertiary/aromatic N) is 1. The highest BCUT2D eigenvalue weighted by Gasteiger charge is 1.93. The molecular weight excluding hydrogens is 160 g/mol. The summed E-state index contributed by atoms with van der Waals surface area (Å²) in [6.45, 7) is 9.82. The van der Waals surface area contributed by atoms with Gasteiger partial charge in [0.15, 0.2) is 0 Å². The van der Waals surface area contributed by atoms with Crippen LogP contribution in [0.5, 0.6) is 0 Å². The van der Waals surface area contributed by atoms with Gasteiger partial charge in [0.05, 0.1) is 0 Å². The van der Waals surface area contributed by atoms with E-state index in [0.717, 1.165) is 19.5 Å².